The zero-order valence-electron chi connectivity index (χ0n) is 14.5. The Morgan fingerprint density at radius 1 is 1.22 bits per heavy atom. The first-order valence-corrected chi connectivity index (χ1v) is 11.1. The zero-order valence-corrected chi connectivity index (χ0v) is 17.6. The summed E-state index contributed by atoms with van der Waals surface area (Å²) in [5.41, 5.74) is 0. The maximum atomic E-state index is 12.3. The minimum Gasteiger partial charge on any atom is -0.482 e. The lowest BCUT2D eigenvalue weighted by atomic mass is 10.2. The number of hydrogen-bond acceptors (Lipinski definition) is 5. The number of likely N-dealkylation sites (N-methyl/N-ethyl adjacent to an activating group) is 1. The number of carbonyl (C=O) groups is 2. The van der Waals surface area contributed by atoms with Crippen LogP contribution in [0.4, 0.5) is 0 Å². The first-order valence-electron chi connectivity index (χ1n) is 8.16. The van der Waals surface area contributed by atoms with E-state index in [1.165, 1.54) is 17.0 Å². The van der Waals surface area contributed by atoms with E-state index in [2.05, 4.69) is 5.32 Å². The number of nitrogens with zero attached hydrogens (tertiary/aromatic N) is 1. The number of amides is 2. The normalized spacial score (nSPS) is 18.1. The highest BCUT2D eigenvalue weighted by molar-refractivity contribution is 7.91. The van der Waals surface area contributed by atoms with Crippen LogP contribution in [0.2, 0.25) is 15.1 Å². The Labute approximate surface area is 172 Å². The molecule has 0 saturated carbocycles. The average molecular weight is 458 g/mol. The summed E-state index contributed by atoms with van der Waals surface area (Å²) in [6, 6.07) is 2.40. The number of ether oxygens (including phenoxy) is 1. The third-order valence-electron chi connectivity index (χ3n) is 3.99. The molecular formula is C16H19Cl3N2O5S. The molecule has 2 rings (SSSR count). The topological polar surface area (TPSA) is 92.8 Å². The van der Waals surface area contributed by atoms with Gasteiger partial charge in [-0.15, -0.1) is 0 Å². The molecule has 0 bridgehead atoms. The van der Waals surface area contributed by atoms with Crippen molar-refractivity contribution >= 4 is 56.5 Å². The van der Waals surface area contributed by atoms with Crippen LogP contribution in [0, 0.1) is 0 Å². The van der Waals surface area contributed by atoms with Crippen molar-refractivity contribution in [2.24, 2.45) is 0 Å². The van der Waals surface area contributed by atoms with Gasteiger partial charge in [0.25, 0.3) is 5.91 Å². The SMILES string of the molecule is CCN(CC(=O)NC1CCS(=O)(=O)C1)C(=O)COc1cc(Cl)c(Cl)cc1Cl. The van der Waals surface area contributed by atoms with Crippen LogP contribution in [0.3, 0.4) is 0 Å². The van der Waals surface area contributed by atoms with Crippen molar-refractivity contribution in [3.63, 3.8) is 0 Å². The van der Waals surface area contributed by atoms with E-state index in [-0.39, 0.29) is 52.0 Å². The minimum absolute atomic E-state index is 0.0621. The second kappa shape index (κ2) is 9.32. The molecule has 1 aliphatic heterocycles. The standard InChI is InChI=1S/C16H19Cl3N2O5S/c1-2-21(7-15(22)20-10-3-4-27(24,25)9-10)16(23)8-26-14-6-12(18)11(17)5-13(14)19/h5-6,10H,2-4,7-9H2,1H3,(H,20,22). The van der Waals surface area contributed by atoms with Gasteiger partial charge >= 0.3 is 0 Å². The van der Waals surface area contributed by atoms with Crippen molar-refractivity contribution in [3.05, 3.63) is 27.2 Å². The molecule has 1 aliphatic rings. The lowest BCUT2D eigenvalue weighted by Crippen LogP contribution is -2.45. The number of sulfone groups is 1. The molecule has 27 heavy (non-hydrogen) atoms. The molecule has 1 aromatic rings. The molecule has 1 unspecified atom stereocenters. The third kappa shape index (κ3) is 6.41. The van der Waals surface area contributed by atoms with E-state index < -0.39 is 27.7 Å². The largest absolute Gasteiger partial charge is 0.482 e. The summed E-state index contributed by atoms with van der Waals surface area (Å²) in [5.74, 6) is -0.644. The van der Waals surface area contributed by atoms with E-state index in [4.69, 9.17) is 39.5 Å². The molecule has 0 spiro atoms. The fourth-order valence-corrected chi connectivity index (χ4v) is 4.84. The first-order chi connectivity index (χ1) is 12.6. The van der Waals surface area contributed by atoms with Gasteiger partial charge in [-0.05, 0) is 19.4 Å². The van der Waals surface area contributed by atoms with Crippen LogP contribution in [0.15, 0.2) is 12.1 Å². The van der Waals surface area contributed by atoms with Gasteiger partial charge in [0, 0.05) is 18.7 Å². The Kier molecular flexibility index (Phi) is 7.62. The summed E-state index contributed by atoms with van der Waals surface area (Å²) in [7, 11) is -3.09. The van der Waals surface area contributed by atoms with E-state index in [0.29, 0.717) is 6.42 Å². The van der Waals surface area contributed by atoms with Crippen molar-refractivity contribution in [3.8, 4) is 5.75 Å². The van der Waals surface area contributed by atoms with Crippen molar-refractivity contribution < 1.29 is 22.7 Å². The van der Waals surface area contributed by atoms with Crippen molar-refractivity contribution in [1.82, 2.24) is 10.2 Å². The van der Waals surface area contributed by atoms with Crippen LogP contribution in [0.5, 0.6) is 5.75 Å². The summed E-state index contributed by atoms with van der Waals surface area (Å²) in [6.07, 6.45) is 0.382. The molecule has 1 aromatic carbocycles. The highest BCUT2D eigenvalue weighted by Crippen LogP contribution is 2.33. The molecule has 2 amide bonds. The number of hydrogen-bond donors (Lipinski definition) is 1. The van der Waals surface area contributed by atoms with Crippen LogP contribution < -0.4 is 10.1 Å². The Hall–Kier alpha value is -1.22. The molecule has 0 radical (unpaired) electrons. The summed E-state index contributed by atoms with van der Waals surface area (Å²) >= 11 is 17.7. The smallest absolute Gasteiger partial charge is 0.260 e. The van der Waals surface area contributed by atoms with Gasteiger partial charge in [-0.1, -0.05) is 34.8 Å². The Bertz CT molecular complexity index is 832. The van der Waals surface area contributed by atoms with Crippen LogP contribution >= 0.6 is 34.8 Å². The minimum atomic E-state index is -3.09. The molecule has 1 atom stereocenters. The van der Waals surface area contributed by atoms with Gasteiger partial charge < -0.3 is 15.0 Å². The average Bonchev–Trinajstić information content (AvgIpc) is 2.92. The van der Waals surface area contributed by atoms with Gasteiger partial charge in [-0.3, -0.25) is 9.59 Å². The van der Waals surface area contributed by atoms with Crippen molar-refractivity contribution in [2.45, 2.75) is 19.4 Å². The number of benzene rings is 1. The van der Waals surface area contributed by atoms with E-state index in [9.17, 15) is 18.0 Å². The molecule has 150 valence electrons. The number of nitrogens with one attached hydrogen (secondary N) is 1. The number of carbonyl (C=O) groups excluding carboxylic acids is 2. The maximum absolute atomic E-state index is 12.3. The predicted octanol–water partition coefficient (Wildman–Crippen LogP) is 2.18. The second-order valence-corrected chi connectivity index (χ2v) is 9.51. The quantitative estimate of drug-likeness (QED) is 0.634. The molecule has 0 aliphatic carbocycles. The number of halogens is 3. The van der Waals surface area contributed by atoms with Gasteiger partial charge in [0.05, 0.1) is 33.1 Å². The van der Waals surface area contributed by atoms with Gasteiger partial charge in [0.1, 0.15) is 5.75 Å². The summed E-state index contributed by atoms with van der Waals surface area (Å²) in [5, 5.41) is 3.36. The molecule has 1 fully saturated rings. The molecule has 0 aromatic heterocycles. The van der Waals surface area contributed by atoms with Gasteiger partial charge in [-0.25, -0.2) is 8.42 Å². The third-order valence-corrected chi connectivity index (χ3v) is 6.78. The van der Waals surface area contributed by atoms with E-state index in [0.717, 1.165) is 0 Å². The highest BCUT2D eigenvalue weighted by atomic mass is 35.5. The lowest BCUT2D eigenvalue weighted by molar-refractivity contribution is -0.137. The molecular weight excluding hydrogens is 439 g/mol. The molecule has 7 nitrogen and oxygen atoms in total. The Morgan fingerprint density at radius 3 is 2.48 bits per heavy atom. The monoisotopic (exact) mass is 456 g/mol. The Morgan fingerprint density at radius 2 is 1.89 bits per heavy atom. The van der Waals surface area contributed by atoms with Gasteiger partial charge in [0.2, 0.25) is 5.91 Å². The molecule has 11 heteroatoms. The van der Waals surface area contributed by atoms with Crippen molar-refractivity contribution in [1.29, 1.82) is 0 Å². The first kappa shape index (κ1) is 22.1. The molecule has 1 heterocycles. The number of rotatable bonds is 7. The zero-order chi connectivity index (χ0) is 20.2. The summed E-state index contributed by atoms with van der Waals surface area (Å²) in [4.78, 5) is 25.7. The fraction of sp³-hybridized carbons (Fsp3) is 0.500. The van der Waals surface area contributed by atoms with E-state index >= 15 is 0 Å². The highest BCUT2D eigenvalue weighted by Gasteiger charge is 2.29. The van der Waals surface area contributed by atoms with Crippen LogP contribution in [-0.4, -0.2) is 62.4 Å². The van der Waals surface area contributed by atoms with E-state index in [1.54, 1.807) is 6.92 Å². The van der Waals surface area contributed by atoms with Crippen LogP contribution in [0.25, 0.3) is 0 Å². The summed E-state index contributed by atoms with van der Waals surface area (Å²) < 4.78 is 28.3. The maximum Gasteiger partial charge on any atom is 0.260 e. The predicted molar refractivity (Wildman–Crippen MR) is 104 cm³/mol. The fourth-order valence-electron chi connectivity index (χ4n) is 2.58. The summed E-state index contributed by atoms with van der Waals surface area (Å²) in [6.45, 7) is 1.48. The van der Waals surface area contributed by atoms with Gasteiger partial charge in [0.15, 0.2) is 16.4 Å². The Balaban J connectivity index is 1.88. The van der Waals surface area contributed by atoms with E-state index in [1.807, 2.05) is 0 Å². The lowest BCUT2D eigenvalue weighted by Gasteiger charge is -2.21. The molecule has 1 saturated heterocycles. The van der Waals surface area contributed by atoms with Crippen LogP contribution in [-0.2, 0) is 19.4 Å². The van der Waals surface area contributed by atoms with Crippen molar-refractivity contribution in [2.75, 3.05) is 31.2 Å². The second-order valence-electron chi connectivity index (χ2n) is 6.06. The van der Waals surface area contributed by atoms with Gasteiger partial charge in [-0.2, -0.15) is 0 Å². The van der Waals surface area contributed by atoms with Crippen LogP contribution in [0.1, 0.15) is 13.3 Å². The molecule has 1 N–H and O–H groups in total.